The molecule has 1 N–H and O–H groups in total. The van der Waals surface area contributed by atoms with Gasteiger partial charge in [0.05, 0.1) is 5.56 Å². The number of carboxylic acid groups (broad SMARTS) is 1. The van der Waals surface area contributed by atoms with Gasteiger partial charge in [-0.1, -0.05) is 23.7 Å². The third-order valence-electron chi connectivity index (χ3n) is 2.56. The van der Waals surface area contributed by atoms with Gasteiger partial charge in [0.25, 0.3) is 0 Å². The number of benzene rings is 1. The summed E-state index contributed by atoms with van der Waals surface area (Å²) in [6, 6.07) is 7.02. The van der Waals surface area contributed by atoms with Crippen LogP contribution in [-0.2, 0) is 6.18 Å². The Hall–Kier alpha value is -2.08. The van der Waals surface area contributed by atoms with Gasteiger partial charge >= 0.3 is 12.1 Å². The lowest BCUT2D eigenvalue weighted by molar-refractivity contribution is -0.137. The molecule has 0 radical (unpaired) electrons. The van der Waals surface area contributed by atoms with Gasteiger partial charge in [0.2, 0.25) is 0 Å². The van der Waals surface area contributed by atoms with Crippen LogP contribution in [0.3, 0.4) is 0 Å². The minimum absolute atomic E-state index is 0.0434. The highest BCUT2D eigenvalue weighted by molar-refractivity contribution is 6.29. The molecule has 20 heavy (non-hydrogen) atoms. The number of hydrogen-bond donors (Lipinski definition) is 1. The molecule has 0 saturated heterocycles. The summed E-state index contributed by atoms with van der Waals surface area (Å²) in [7, 11) is 0. The minimum Gasteiger partial charge on any atom is -0.476 e. The van der Waals surface area contributed by atoms with Crippen LogP contribution >= 0.6 is 11.6 Å². The summed E-state index contributed by atoms with van der Waals surface area (Å²) < 4.78 is 38.0. The first-order valence-corrected chi connectivity index (χ1v) is 5.74. The third kappa shape index (κ3) is 2.91. The molecule has 0 amide bonds. The first kappa shape index (κ1) is 14.3. The van der Waals surface area contributed by atoms with Gasteiger partial charge in [0, 0.05) is 5.56 Å². The van der Waals surface area contributed by atoms with E-state index in [1.807, 2.05) is 0 Å². The molecule has 0 bridgehead atoms. The second-order valence-corrected chi connectivity index (χ2v) is 4.30. The molecule has 7 heteroatoms. The Labute approximate surface area is 116 Å². The Morgan fingerprint density at radius 1 is 1.20 bits per heavy atom. The van der Waals surface area contributed by atoms with Crippen molar-refractivity contribution in [2.75, 3.05) is 0 Å². The van der Waals surface area contributed by atoms with Gasteiger partial charge in [0.15, 0.2) is 5.69 Å². The summed E-state index contributed by atoms with van der Waals surface area (Å²) in [5.41, 5.74) is -1.06. The number of pyridine rings is 1. The lowest BCUT2D eigenvalue weighted by Gasteiger charge is -2.10. The summed E-state index contributed by atoms with van der Waals surface area (Å²) in [4.78, 5) is 14.7. The Bertz CT molecular complexity index is 671. The molecule has 104 valence electrons. The van der Waals surface area contributed by atoms with Crippen molar-refractivity contribution in [2.45, 2.75) is 6.18 Å². The monoisotopic (exact) mass is 301 g/mol. The number of hydrogen-bond acceptors (Lipinski definition) is 2. The Morgan fingerprint density at radius 3 is 2.50 bits per heavy atom. The van der Waals surface area contributed by atoms with E-state index >= 15 is 0 Å². The molecule has 0 fully saturated rings. The highest BCUT2D eigenvalue weighted by Gasteiger charge is 2.30. The van der Waals surface area contributed by atoms with Gasteiger partial charge in [0.1, 0.15) is 5.15 Å². The predicted molar refractivity (Wildman–Crippen MR) is 66.6 cm³/mol. The van der Waals surface area contributed by atoms with E-state index in [4.69, 9.17) is 16.7 Å². The Morgan fingerprint density at radius 2 is 1.90 bits per heavy atom. The zero-order valence-electron chi connectivity index (χ0n) is 9.78. The van der Waals surface area contributed by atoms with Crippen LogP contribution < -0.4 is 0 Å². The van der Waals surface area contributed by atoms with E-state index in [-0.39, 0.29) is 16.3 Å². The molecule has 1 heterocycles. The van der Waals surface area contributed by atoms with E-state index in [1.165, 1.54) is 24.3 Å². The van der Waals surface area contributed by atoms with E-state index < -0.39 is 23.4 Å². The molecule has 2 aromatic rings. The molecular weight excluding hydrogens is 295 g/mol. The molecule has 0 spiro atoms. The molecule has 0 aliphatic carbocycles. The fourth-order valence-corrected chi connectivity index (χ4v) is 1.84. The average molecular weight is 302 g/mol. The molecule has 1 aromatic heterocycles. The number of aromatic carboxylic acids is 1. The average Bonchev–Trinajstić information content (AvgIpc) is 2.37. The summed E-state index contributed by atoms with van der Waals surface area (Å²) in [6.45, 7) is 0. The Kier molecular flexibility index (Phi) is 3.67. The van der Waals surface area contributed by atoms with Gasteiger partial charge in [-0.25, -0.2) is 9.78 Å². The summed E-state index contributed by atoms with van der Waals surface area (Å²) in [5, 5.41) is 8.99. The lowest BCUT2D eigenvalue weighted by Crippen LogP contribution is -2.06. The van der Waals surface area contributed by atoms with Crippen LogP contribution in [0.5, 0.6) is 0 Å². The molecular formula is C13H7ClF3NO2. The van der Waals surface area contributed by atoms with Crippen LogP contribution in [0.1, 0.15) is 16.1 Å². The number of alkyl halides is 3. The van der Waals surface area contributed by atoms with Crippen molar-refractivity contribution in [1.82, 2.24) is 4.98 Å². The van der Waals surface area contributed by atoms with Crippen LogP contribution in [0, 0.1) is 0 Å². The molecule has 0 unspecified atom stereocenters. The quantitative estimate of drug-likeness (QED) is 0.849. The molecule has 0 atom stereocenters. The SMILES string of the molecule is O=C(O)c1nc(Cl)ccc1-c1cccc(C(F)(F)F)c1. The maximum absolute atomic E-state index is 12.7. The normalized spacial score (nSPS) is 11.4. The molecule has 3 nitrogen and oxygen atoms in total. The number of carboxylic acids is 1. The van der Waals surface area contributed by atoms with Crippen molar-refractivity contribution in [1.29, 1.82) is 0 Å². The molecule has 1 aromatic carbocycles. The van der Waals surface area contributed by atoms with Crippen molar-refractivity contribution < 1.29 is 23.1 Å². The number of nitrogens with zero attached hydrogens (tertiary/aromatic N) is 1. The fraction of sp³-hybridized carbons (Fsp3) is 0.0769. The van der Waals surface area contributed by atoms with Crippen LogP contribution in [0.2, 0.25) is 5.15 Å². The summed E-state index contributed by atoms with van der Waals surface area (Å²) >= 11 is 5.60. The van der Waals surface area contributed by atoms with Crippen molar-refractivity contribution in [3.63, 3.8) is 0 Å². The number of aromatic nitrogens is 1. The van der Waals surface area contributed by atoms with E-state index in [1.54, 1.807) is 0 Å². The highest BCUT2D eigenvalue weighted by atomic mass is 35.5. The third-order valence-corrected chi connectivity index (χ3v) is 2.78. The van der Waals surface area contributed by atoms with Crippen LogP contribution in [0.25, 0.3) is 11.1 Å². The van der Waals surface area contributed by atoms with Gasteiger partial charge in [-0.05, 0) is 29.8 Å². The van der Waals surface area contributed by atoms with Crippen LogP contribution in [-0.4, -0.2) is 16.1 Å². The standard InChI is InChI=1S/C13H7ClF3NO2/c14-10-5-4-9(11(18-10)12(19)20)7-2-1-3-8(6-7)13(15,16)17/h1-6H,(H,19,20). The highest BCUT2D eigenvalue weighted by Crippen LogP contribution is 2.33. The summed E-state index contributed by atoms with van der Waals surface area (Å²) in [6.07, 6.45) is -4.50. The van der Waals surface area contributed by atoms with Gasteiger partial charge in [-0.15, -0.1) is 0 Å². The zero-order chi connectivity index (χ0) is 14.9. The second-order valence-electron chi connectivity index (χ2n) is 3.91. The maximum Gasteiger partial charge on any atom is 0.416 e. The smallest absolute Gasteiger partial charge is 0.416 e. The predicted octanol–water partition coefficient (Wildman–Crippen LogP) is 4.12. The first-order chi connectivity index (χ1) is 9.29. The largest absolute Gasteiger partial charge is 0.476 e. The number of rotatable bonds is 2. The Balaban J connectivity index is 2.60. The van der Waals surface area contributed by atoms with Crippen molar-refractivity contribution >= 4 is 17.6 Å². The van der Waals surface area contributed by atoms with E-state index in [9.17, 15) is 18.0 Å². The zero-order valence-corrected chi connectivity index (χ0v) is 10.5. The molecule has 0 aliphatic heterocycles. The van der Waals surface area contributed by atoms with Crippen LogP contribution in [0.4, 0.5) is 13.2 Å². The van der Waals surface area contributed by atoms with Crippen molar-refractivity contribution in [3.05, 3.63) is 52.8 Å². The fourth-order valence-electron chi connectivity index (χ4n) is 1.69. The topological polar surface area (TPSA) is 50.2 Å². The number of halogens is 4. The first-order valence-electron chi connectivity index (χ1n) is 5.36. The van der Waals surface area contributed by atoms with E-state index in [0.717, 1.165) is 12.1 Å². The van der Waals surface area contributed by atoms with Gasteiger partial charge in [-0.3, -0.25) is 0 Å². The molecule has 0 aliphatic rings. The molecule has 0 saturated carbocycles. The number of carbonyl (C=O) groups is 1. The van der Waals surface area contributed by atoms with Gasteiger partial charge in [-0.2, -0.15) is 13.2 Å². The minimum atomic E-state index is -4.50. The van der Waals surface area contributed by atoms with E-state index in [2.05, 4.69) is 4.98 Å². The van der Waals surface area contributed by atoms with Crippen LogP contribution in [0.15, 0.2) is 36.4 Å². The second kappa shape index (κ2) is 5.13. The van der Waals surface area contributed by atoms with Gasteiger partial charge < -0.3 is 5.11 Å². The van der Waals surface area contributed by atoms with Crippen molar-refractivity contribution in [2.24, 2.45) is 0 Å². The van der Waals surface area contributed by atoms with Crippen molar-refractivity contribution in [3.8, 4) is 11.1 Å². The summed E-state index contributed by atoms with van der Waals surface area (Å²) in [5.74, 6) is -1.36. The molecule has 2 rings (SSSR count). The van der Waals surface area contributed by atoms with E-state index in [0.29, 0.717) is 0 Å². The lowest BCUT2D eigenvalue weighted by atomic mass is 10.0. The maximum atomic E-state index is 12.7.